The number of methoxy groups -OCH3 is 1. The third kappa shape index (κ3) is 4.31. The van der Waals surface area contributed by atoms with Crippen LogP contribution in [-0.4, -0.2) is 66.1 Å². The molecule has 1 saturated heterocycles. The van der Waals surface area contributed by atoms with Gasteiger partial charge in [0.05, 0.1) is 32.6 Å². The SMILES string of the molecule is COc1ccc(NC(C)=O)cc1Nc1nc(N2CCOCC2)nc2c1CN(C(C)C)C2=O. The molecule has 32 heavy (non-hydrogen) atoms. The number of amides is 2. The minimum atomic E-state index is -0.170. The molecule has 0 spiro atoms. The number of rotatable bonds is 6. The molecule has 0 unspecified atom stereocenters. The molecule has 1 aromatic heterocycles. The summed E-state index contributed by atoms with van der Waals surface area (Å²) in [7, 11) is 1.58. The summed E-state index contributed by atoms with van der Waals surface area (Å²) >= 11 is 0. The highest BCUT2D eigenvalue weighted by molar-refractivity contribution is 5.99. The van der Waals surface area contributed by atoms with E-state index in [1.807, 2.05) is 18.7 Å². The molecule has 0 bridgehead atoms. The smallest absolute Gasteiger partial charge is 0.273 e. The number of fused-ring (bicyclic) bond motifs is 1. The summed E-state index contributed by atoms with van der Waals surface area (Å²) in [5, 5.41) is 6.11. The summed E-state index contributed by atoms with van der Waals surface area (Å²) in [6, 6.07) is 5.34. The molecule has 10 heteroatoms. The lowest BCUT2D eigenvalue weighted by Gasteiger charge is -2.27. The van der Waals surface area contributed by atoms with Crippen LogP contribution < -0.4 is 20.3 Å². The Bertz CT molecular complexity index is 1040. The van der Waals surface area contributed by atoms with Crippen molar-refractivity contribution in [1.82, 2.24) is 14.9 Å². The lowest BCUT2D eigenvalue weighted by Crippen LogP contribution is -2.37. The third-order valence-electron chi connectivity index (χ3n) is 5.48. The summed E-state index contributed by atoms with van der Waals surface area (Å²) in [4.78, 5) is 37.8. The zero-order valence-electron chi connectivity index (χ0n) is 18.8. The molecule has 10 nitrogen and oxygen atoms in total. The third-order valence-corrected chi connectivity index (χ3v) is 5.48. The van der Waals surface area contributed by atoms with Crippen molar-refractivity contribution < 1.29 is 19.1 Å². The summed E-state index contributed by atoms with van der Waals surface area (Å²) in [5.41, 5.74) is 2.41. The van der Waals surface area contributed by atoms with Gasteiger partial charge in [-0.15, -0.1) is 0 Å². The van der Waals surface area contributed by atoms with E-state index in [-0.39, 0.29) is 17.9 Å². The van der Waals surface area contributed by atoms with E-state index in [2.05, 4.69) is 15.6 Å². The number of nitrogens with one attached hydrogen (secondary N) is 2. The van der Waals surface area contributed by atoms with Gasteiger partial charge in [0.2, 0.25) is 11.9 Å². The Morgan fingerprint density at radius 1 is 1.22 bits per heavy atom. The van der Waals surface area contributed by atoms with Gasteiger partial charge >= 0.3 is 0 Å². The highest BCUT2D eigenvalue weighted by Gasteiger charge is 2.35. The maximum absolute atomic E-state index is 13.1. The topological polar surface area (TPSA) is 109 Å². The Morgan fingerprint density at radius 2 is 1.97 bits per heavy atom. The van der Waals surface area contributed by atoms with Crippen molar-refractivity contribution in [1.29, 1.82) is 0 Å². The summed E-state index contributed by atoms with van der Waals surface area (Å²) in [5.74, 6) is 1.35. The van der Waals surface area contributed by atoms with Crippen LogP contribution >= 0.6 is 0 Å². The highest BCUT2D eigenvalue weighted by atomic mass is 16.5. The van der Waals surface area contributed by atoms with Gasteiger partial charge in [0, 0.05) is 37.3 Å². The minimum Gasteiger partial charge on any atom is -0.495 e. The number of hydrogen-bond donors (Lipinski definition) is 2. The van der Waals surface area contributed by atoms with Gasteiger partial charge in [0.15, 0.2) is 0 Å². The first-order valence-corrected chi connectivity index (χ1v) is 10.6. The second kappa shape index (κ2) is 8.99. The number of ether oxygens (including phenoxy) is 2. The molecule has 1 aromatic carbocycles. The fraction of sp³-hybridized carbons (Fsp3) is 0.455. The number of nitrogens with zero attached hydrogens (tertiary/aromatic N) is 4. The normalized spacial score (nSPS) is 15.7. The van der Waals surface area contributed by atoms with Crippen molar-refractivity contribution in [3.8, 4) is 5.75 Å². The molecule has 0 atom stereocenters. The predicted octanol–water partition coefficient (Wildman–Crippen LogP) is 2.39. The molecule has 170 valence electrons. The molecule has 2 amide bonds. The molecule has 1 fully saturated rings. The Labute approximate surface area is 186 Å². The van der Waals surface area contributed by atoms with Crippen molar-refractivity contribution in [3.63, 3.8) is 0 Å². The first-order valence-electron chi connectivity index (χ1n) is 10.6. The molecule has 2 aromatic rings. The number of aromatic nitrogens is 2. The van der Waals surface area contributed by atoms with Gasteiger partial charge in [-0.2, -0.15) is 4.98 Å². The largest absolute Gasteiger partial charge is 0.495 e. The van der Waals surface area contributed by atoms with Crippen molar-refractivity contribution >= 4 is 35.0 Å². The molecule has 4 rings (SSSR count). The van der Waals surface area contributed by atoms with Gasteiger partial charge in [-0.3, -0.25) is 9.59 Å². The van der Waals surface area contributed by atoms with Gasteiger partial charge in [0.1, 0.15) is 17.3 Å². The first kappa shape index (κ1) is 21.8. The molecule has 2 N–H and O–H groups in total. The average molecular weight is 441 g/mol. The number of anilines is 4. The lowest BCUT2D eigenvalue weighted by atomic mass is 10.2. The average Bonchev–Trinajstić information content (AvgIpc) is 3.11. The van der Waals surface area contributed by atoms with Crippen molar-refractivity contribution in [3.05, 3.63) is 29.5 Å². The van der Waals surface area contributed by atoms with Crippen LogP contribution in [0.15, 0.2) is 18.2 Å². The molecule has 0 saturated carbocycles. The lowest BCUT2D eigenvalue weighted by molar-refractivity contribution is -0.114. The van der Waals surface area contributed by atoms with Gasteiger partial charge in [-0.05, 0) is 32.0 Å². The molecule has 0 radical (unpaired) electrons. The van der Waals surface area contributed by atoms with Gasteiger partial charge < -0.3 is 29.9 Å². The van der Waals surface area contributed by atoms with Crippen molar-refractivity contribution in [2.75, 3.05) is 48.9 Å². The van der Waals surface area contributed by atoms with E-state index in [4.69, 9.17) is 14.5 Å². The summed E-state index contributed by atoms with van der Waals surface area (Å²) in [6.45, 7) is 8.31. The fourth-order valence-corrected chi connectivity index (χ4v) is 3.82. The molecule has 2 aliphatic rings. The van der Waals surface area contributed by atoms with E-state index in [9.17, 15) is 9.59 Å². The van der Waals surface area contributed by atoms with Crippen molar-refractivity contribution in [2.45, 2.75) is 33.4 Å². The zero-order valence-corrected chi connectivity index (χ0v) is 18.8. The van der Waals surface area contributed by atoms with E-state index in [0.717, 1.165) is 5.56 Å². The number of morpholine rings is 1. The van der Waals surface area contributed by atoms with Gasteiger partial charge in [0.25, 0.3) is 5.91 Å². The monoisotopic (exact) mass is 440 g/mol. The second-order valence-corrected chi connectivity index (χ2v) is 8.05. The minimum absolute atomic E-state index is 0.0361. The molecule has 0 aliphatic carbocycles. The summed E-state index contributed by atoms with van der Waals surface area (Å²) < 4.78 is 10.9. The standard InChI is InChI=1S/C22H28N6O4/c1-13(2)28-12-16-19(21(28)30)25-22(27-7-9-32-10-8-27)26-20(16)24-17-11-15(23-14(3)29)5-6-18(17)31-4/h5-6,11,13H,7-10,12H2,1-4H3,(H,23,29)(H,24,25,26). The first-order chi connectivity index (χ1) is 15.4. The molecule has 3 heterocycles. The van der Waals surface area contributed by atoms with Crippen LogP contribution in [0.3, 0.4) is 0 Å². The summed E-state index contributed by atoms with van der Waals surface area (Å²) in [6.07, 6.45) is 0. The van der Waals surface area contributed by atoms with Crippen LogP contribution in [-0.2, 0) is 16.1 Å². The zero-order chi connectivity index (χ0) is 22.8. The quantitative estimate of drug-likeness (QED) is 0.705. The van der Waals surface area contributed by atoms with Gasteiger partial charge in [-0.25, -0.2) is 4.98 Å². The highest BCUT2D eigenvalue weighted by Crippen LogP contribution is 2.35. The van der Waals surface area contributed by atoms with Crippen LogP contribution in [0.2, 0.25) is 0 Å². The molecular formula is C22H28N6O4. The van der Waals surface area contributed by atoms with Crippen LogP contribution in [0, 0.1) is 0 Å². The van der Waals surface area contributed by atoms with Crippen LogP contribution in [0.4, 0.5) is 23.1 Å². The Hall–Kier alpha value is -3.40. The van der Waals surface area contributed by atoms with Gasteiger partial charge in [-0.1, -0.05) is 0 Å². The second-order valence-electron chi connectivity index (χ2n) is 8.05. The number of hydrogen-bond acceptors (Lipinski definition) is 8. The van der Waals surface area contributed by atoms with Crippen LogP contribution in [0.25, 0.3) is 0 Å². The van der Waals surface area contributed by atoms with Crippen LogP contribution in [0.1, 0.15) is 36.8 Å². The number of carbonyl (C=O) groups excluding carboxylic acids is 2. The Kier molecular flexibility index (Phi) is 6.13. The maximum Gasteiger partial charge on any atom is 0.273 e. The van der Waals surface area contributed by atoms with Crippen molar-refractivity contribution in [2.24, 2.45) is 0 Å². The number of carbonyl (C=O) groups is 2. The Balaban J connectivity index is 1.77. The van der Waals surface area contributed by atoms with E-state index in [1.165, 1.54) is 6.92 Å². The molecule has 2 aliphatic heterocycles. The fourth-order valence-electron chi connectivity index (χ4n) is 3.82. The Morgan fingerprint density at radius 3 is 2.62 bits per heavy atom. The van der Waals surface area contributed by atoms with Crippen LogP contribution in [0.5, 0.6) is 5.75 Å². The maximum atomic E-state index is 13.1. The predicted molar refractivity (Wildman–Crippen MR) is 121 cm³/mol. The number of benzene rings is 1. The molecular weight excluding hydrogens is 412 g/mol. The van der Waals surface area contributed by atoms with E-state index >= 15 is 0 Å². The van der Waals surface area contributed by atoms with E-state index in [0.29, 0.717) is 67.4 Å². The van der Waals surface area contributed by atoms with E-state index < -0.39 is 0 Å². The van der Waals surface area contributed by atoms with E-state index in [1.54, 1.807) is 30.2 Å².